The Bertz CT molecular complexity index is 656. The fourth-order valence-electron chi connectivity index (χ4n) is 2.71. The summed E-state index contributed by atoms with van der Waals surface area (Å²) in [6.07, 6.45) is 6.97. The van der Waals surface area contributed by atoms with E-state index in [1.807, 2.05) is 24.3 Å². The molecular formula is C18H20ClNO3. The van der Waals surface area contributed by atoms with Crippen LogP contribution in [0.5, 0.6) is 11.5 Å². The lowest BCUT2D eigenvalue weighted by Gasteiger charge is -2.22. The summed E-state index contributed by atoms with van der Waals surface area (Å²) in [6, 6.07) is 7.58. The van der Waals surface area contributed by atoms with Gasteiger partial charge in [-0.15, -0.1) is 0 Å². The van der Waals surface area contributed by atoms with Crippen molar-refractivity contribution in [1.29, 1.82) is 0 Å². The summed E-state index contributed by atoms with van der Waals surface area (Å²) in [4.78, 5) is 4.08. The Kier molecular flexibility index (Phi) is 5.36. The van der Waals surface area contributed by atoms with E-state index in [1.165, 1.54) is 6.42 Å². The van der Waals surface area contributed by atoms with Gasteiger partial charge in [0, 0.05) is 23.4 Å². The van der Waals surface area contributed by atoms with Crippen LogP contribution >= 0.6 is 11.6 Å². The third kappa shape index (κ3) is 4.15. The van der Waals surface area contributed by atoms with Gasteiger partial charge in [0.05, 0.1) is 19.4 Å². The van der Waals surface area contributed by atoms with Crippen molar-refractivity contribution >= 4 is 11.6 Å². The van der Waals surface area contributed by atoms with Crippen LogP contribution in [-0.4, -0.2) is 31.4 Å². The topological polar surface area (TPSA) is 40.6 Å². The predicted molar refractivity (Wildman–Crippen MR) is 90.3 cm³/mol. The number of ether oxygens (including phenoxy) is 3. The molecule has 0 spiro atoms. The first kappa shape index (κ1) is 16.1. The van der Waals surface area contributed by atoms with E-state index in [2.05, 4.69) is 4.98 Å². The van der Waals surface area contributed by atoms with Crippen molar-refractivity contribution in [2.75, 3.05) is 20.3 Å². The molecule has 1 aromatic heterocycles. The van der Waals surface area contributed by atoms with Crippen molar-refractivity contribution in [3.8, 4) is 22.6 Å². The molecule has 1 aromatic carbocycles. The largest absolute Gasteiger partial charge is 0.494 e. The Hall–Kier alpha value is -1.78. The minimum absolute atomic E-state index is 0.168. The van der Waals surface area contributed by atoms with Crippen molar-refractivity contribution in [3.63, 3.8) is 0 Å². The molecule has 1 aliphatic rings. The maximum Gasteiger partial charge on any atom is 0.144 e. The maximum atomic E-state index is 6.25. The zero-order valence-corrected chi connectivity index (χ0v) is 13.9. The lowest BCUT2D eigenvalue weighted by atomic mass is 10.1. The van der Waals surface area contributed by atoms with E-state index in [0.29, 0.717) is 17.4 Å². The Morgan fingerprint density at radius 2 is 2.22 bits per heavy atom. The number of halogens is 1. The Balaban J connectivity index is 1.78. The summed E-state index contributed by atoms with van der Waals surface area (Å²) in [6.45, 7) is 1.37. The molecule has 2 heterocycles. The Morgan fingerprint density at radius 1 is 1.30 bits per heavy atom. The summed E-state index contributed by atoms with van der Waals surface area (Å²) >= 11 is 6.25. The molecule has 2 aromatic rings. The molecule has 1 unspecified atom stereocenters. The van der Waals surface area contributed by atoms with Crippen LogP contribution in [0.1, 0.15) is 19.3 Å². The van der Waals surface area contributed by atoms with Gasteiger partial charge in [-0.05, 0) is 49.1 Å². The van der Waals surface area contributed by atoms with E-state index < -0.39 is 0 Å². The molecule has 0 amide bonds. The third-order valence-electron chi connectivity index (χ3n) is 3.90. The van der Waals surface area contributed by atoms with Gasteiger partial charge in [-0.25, -0.2) is 0 Å². The van der Waals surface area contributed by atoms with E-state index >= 15 is 0 Å². The monoisotopic (exact) mass is 333 g/mol. The van der Waals surface area contributed by atoms with Crippen LogP contribution in [0, 0.1) is 0 Å². The minimum atomic E-state index is 0.168. The highest BCUT2D eigenvalue weighted by atomic mass is 35.5. The van der Waals surface area contributed by atoms with Gasteiger partial charge in [0.15, 0.2) is 0 Å². The first-order valence-electron chi connectivity index (χ1n) is 7.79. The summed E-state index contributed by atoms with van der Waals surface area (Å²) < 4.78 is 17.0. The molecule has 3 rings (SSSR count). The number of hydrogen-bond acceptors (Lipinski definition) is 4. The van der Waals surface area contributed by atoms with Gasteiger partial charge in [0.25, 0.3) is 0 Å². The second-order valence-electron chi connectivity index (χ2n) is 5.55. The third-order valence-corrected chi connectivity index (χ3v) is 4.11. The van der Waals surface area contributed by atoms with Crippen molar-refractivity contribution in [1.82, 2.24) is 4.98 Å². The second kappa shape index (κ2) is 7.66. The molecule has 1 aliphatic heterocycles. The molecule has 0 radical (unpaired) electrons. The number of nitrogens with zero attached hydrogens (tertiary/aromatic N) is 1. The SMILES string of the molecule is COc1cnccc1-c1cc(Cl)cc(OCC2CCCCO2)c1. The molecule has 1 fully saturated rings. The highest BCUT2D eigenvalue weighted by Gasteiger charge is 2.15. The molecule has 1 atom stereocenters. The maximum absolute atomic E-state index is 6.25. The fourth-order valence-corrected chi connectivity index (χ4v) is 2.94. The first-order valence-corrected chi connectivity index (χ1v) is 8.17. The lowest BCUT2D eigenvalue weighted by molar-refractivity contribution is -0.0110. The van der Waals surface area contributed by atoms with Gasteiger partial charge in [-0.1, -0.05) is 11.6 Å². The molecular weight excluding hydrogens is 314 g/mol. The molecule has 0 aliphatic carbocycles. The fraction of sp³-hybridized carbons (Fsp3) is 0.389. The molecule has 0 bridgehead atoms. The van der Waals surface area contributed by atoms with Crippen LogP contribution in [0.15, 0.2) is 36.7 Å². The molecule has 0 saturated carbocycles. The standard InChI is InChI=1S/C18H20ClNO3/c1-21-18-11-20-6-5-17(18)13-8-14(19)10-16(9-13)23-12-15-4-2-3-7-22-15/h5-6,8-11,15H,2-4,7,12H2,1H3. The van der Waals surface area contributed by atoms with Crippen LogP contribution in [0.2, 0.25) is 5.02 Å². The Labute approximate surface area is 141 Å². The molecule has 1 saturated heterocycles. The summed E-state index contributed by atoms with van der Waals surface area (Å²) in [5, 5.41) is 0.626. The normalized spacial score (nSPS) is 17.7. The lowest BCUT2D eigenvalue weighted by Crippen LogP contribution is -2.25. The molecule has 23 heavy (non-hydrogen) atoms. The first-order chi connectivity index (χ1) is 11.3. The summed E-state index contributed by atoms with van der Waals surface area (Å²) in [7, 11) is 1.63. The van der Waals surface area contributed by atoms with Gasteiger partial charge in [-0.2, -0.15) is 0 Å². The van der Waals surface area contributed by atoms with Gasteiger partial charge in [0.2, 0.25) is 0 Å². The van der Waals surface area contributed by atoms with E-state index in [4.69, 9.17) is 25.8 Å². The quantitative estimate of drug-likeness (QED) is 0.815. The number of methoxy groups -OCH3 is 1. The van der Waals surface area contributed by atoms with Crippen molar-refractivity contribution < 1.29 is 14.2 Å². The van der Waals surface area contributed by atoms with Crippen LogP contribution in [0.4, 0.5) is 0 Å². The van der Waals surface area contributed by atoms with Crippen molar-refractivity contribution in [2.45, 2.75) is 25.4 Å². The highest BCUT2D eigenvalue weighted by molar-refractivity contribution is 6.31. The van der Waals surface area contributed by atoms with Gasteiger partial charge >= 0.3 is 0 Å². The summed E-state index contributed by atoms with van der Waals surface area (Å²) in [5.41, 5.74) is 1.88. The van der Waals surface area contributed by atoms with E-state index in [1.54, 1.807) is 19.5 Å². The van der Waals surface area contributed by atoms with Crippen molar-refractivity contribution in [3.05, 3.63) is 41.7 Å². The van der Waals surface area contributed by atoms with E-state index in [0.717, 1.165) is 36.3 Å². The van der Waals surface area contributed by atoms with Crippen LogP contribution < -0.4 is 9.47 Å². The smallest absolute Gasteiger partial charge is 0.144 e. The van der Waals surface area contributed by atoms with Crippen LogP contribution in [0.3, 0.4) is 0 Å². The number of benzene rings is 1. The molecule has 4 nitrogen and oxygen atoms in total. The highest BCUT2D eigenvalue weighted by Crippen LogP contribution is 2.33. The molecule has 0 N–H and O–H groups in total. The van der Waals surface area contributed by atoms with Crippen LogP contribution in [-0.2, 0) is 4.74 Å². The Morgan fingerprint density at radius 3 is 3.00 bits per heavy atom. The van der Waals surface area contributed by atoms with Crippen LogP contribution in [0.25, 0.3) is 11.1 Å². The van der Waals surface area contributed by atoms with E-state index in [9.17, 15) is 0 Å². The predicted octanol–water partition coefficient (Wildman–Crippen LogP) is 4.36. The number of hydrogen-bond donors (Lipinski definition) is 0. The zero-order chi connectivity index (χ0) is 16.1. The zero-order valence-electron chi connectivity index (χ0n) is 13.1. The number of aromatic nitrogens is 1. The number of rotatable bonds is 5. The second-order valence-corrected chi connectivity index (χ2v) is 5.99. The van der Waals surface area contributed by atoms with E-state index in [-0.39, 0.29) is 6.10 Å². The minimum Gasteiger partial charge on any atom is -0.494 e. The average Bonchev–Trinajstić information content (AvgIpc) is 2.60. The average molecular weight is 334 g/mol. The van der Waals surface area contributed by atoms with Crippen molar-refractivity contribution in [2.24, 2.45) is 0 Å². The van der Waals surface area contributed by atoms with Gasteiger partial charge in [-0.3, -0.25) is 4.98 Å². The number of pyridine rings is 1. The van der Waals surface area contributed by atoms with Gasteiger partial charge in [0.1, 0.15) is 18.1 Å². The van der Waals surface area contributed by atoms with Gasteiger partial charge < -0.3 is 14.2 Å². The summed E-state index contributed by atoms with van der Waals surface area (Å²) in [5.74, 6) is 1.44. The molecule has 122 valence electrons. The molecule has 5 heteroatoms.